The lowest BCUT2D eigenvalue weighted by Crippen LogP contribution is -2.36. The molecule has 118 valence electrons. The lowest BCUT2D eigenvalue weighted by molar-refractivity contribution is 0.147. The molecule has 0 bridgehead atoms. The molecule has 0 aromatic heterocycles. The Hall–Kier alpha value is -1.18. The van der Waals surface area contributed by atoms with E-state index in [1.807, 2.05) is 0 Å². The van der Waals surface area contributed by atoms with E-state index in [4.69, 9.17) is 4.74 Å². The highest BCUT2D eigenvalue weighted by molar-refractivity contribution is 7.88. The zero-order valence-corrected chi connectivity index (χ0v) is 13.1. The van der Waals surface area contributed by atoms with Crippen LogP contribution in [0.15, 0.2) is 24.3 Å². The van der Waals surface area contributed by atoms with Crippen molar-refractivity contribution in [3.8, 4) is 0 Å². The van der Waals surface area contributed by atoms with Gasteiger partial charge in [-0.1, -0.05) is 0 Å². The van der Waals surface area contributed by atoms with Gasteiger partial charge in [0.15, 0.2) is 0 Å². The number of sulfonamides is 1. The average molecular weight is 316 g/mol. The predicted molar refractivity (Wildman–Crippen MR) is 80.4 cm³/mol. The van der Waals surface area contributed by atoms with E-state index in [0.717, 1.165) is 5.69 Å². The fourth-order valence-electron chi connectivity index (χ4n) is 2.60. The van der Waals surface area contributed by atoms with Gasteiger partial charge in [-0.15, -0.1) is 0 Å². The maximum Gasteiger partial charge on any atom is 0.211 e. The number of halogens is 1. The van der Waals surface area contributed by atoms with Gasteiger partial charge in [-0.2, -0.15) is 4.31 Å². The summed E-state index contributed by atoms with van der Waals surface area (Å²) >= 11 is 0. The molecule has 7 heteroatoms. The normalized spacial score (nSPS) is 21.3. The van der Waals surface area contributed by atoms with Crippen LogP contribution in [0, 0.1) is 11.7 Å². The van der Waals surface area contributed by atoms with Gasteiger partial charge in [0.2, 0.25) is 10.0 Å². The van der Waals surface area contributed by atoms with E-state index in [1.165, 1.54) is 22.7 Å². The number of anilines is 1. The van der Waals surface area contributed by atoms with E-state index in [9.17, 15) is 12.8 Å². The van der Waals surface area contributed by atoms with Gasteiger partial charge in [-0.3, -0.25) is 0 Å². The molecule has 0 amide bonds. The minimum Gasteiger partial charge on any atom is -0.384 e. The third-order valence-corrected chi connectivity index (χ3v) is 4.89. The summed E-state index contributed by atoms with van der Waals surface area (Å²) in [6.45, 7) is 2.63. The molecule has 0 spiro atoms. The fourth-order valence-corrected chi connectivity index (χ4v) is 3.50. The second kappa shape index (κ2) is 6.72. The van der Waals surface area contributed by atoms with Crippen molar-refractivity contribution < 1.29 is 17.5 Å². The molecular weight excluding hydrogens is 295 g/mol. The number of ether oxygens (including phenoxy) is 1. The van der Waals surface area contributed by atoms with Crippen molar-refractivity contribution in [1.29, 1.82) is 0 Å². The molecular formula is C14H21FN2O3S. The van der Waals surface area contributed by atoms with Crippen molar-refractivity contribution in [3.05, 3.63) is 30.1 Å². The van der Waals surface area contributed by atoms with Crippen molar-refractivity contribution in [2.45, 2.75) is 0 Å². The van der Waals surface area contributed by atoms with Crippen LogP contribution in [0.25, 0.3) is 0 Å². The topological polar surface area (TPSA) is 49.9 Å². The molecule has 21 heavy (non-hydrogen) atoms. The molecule has 5 nitrogen and oxygen atoms in total. The van der Waals surface area contributed by atoms with Gasteiger partial charge in [-0.25, -0.2) is 12.8 Å². The average Bonchev–Trinajstić information content (AvgIpc) is 2.62. The Labute approximate surface area is 125 Å². The van der Waals surface area contributed by atoms with Crippen LogP contribution in [-0.4, -0.2) is 58.9 Å². The van der Waals surface area contributed by atoms with E-state index in [1.54, 1.807) is 19.2 Å². The van der Waals surface area contributed by atoms with Crippen LogP contribution in [0.2, 0.25) is 0 Å². The molecule has 1 saturated heterocycles. The van der Waals surface area contributed by atoms with E-state index < -0.39 is 10.0 Å². The number of benzene rings is 1. The van der Waals surface area contributed by atoms with Crippen LogP contribution in [0.5, 0.6) is 0 Å². The number of nitrogens with zero attached hydrogens (tertiary/aromatic N) is 2. The first-order chi connectivity index (χ1) is 9.90. The summed E-state index contributed by atoms with van der Waals surface area (Å²) in [5, 5.41) is 0. The van der Waals surface area contributed by atoms with E-state index in [0.29, 0.717) is 32.8 Å². The number of hydrogen-bond donors (Lipinski definition) is 0. The van der Waals surface area contributed by atoms with Crippen LogP contribution in [0.3, 0.4) is 0 Å². The van der Waals surface area contributed by atoms with E-state index >= 15 is 0 Å². The predicted octanol–water partition coefficient (Wildman–Crippen LogP) is 1.17. The molecule has 2 rings (SSSR count). The molecule has 1 fully saturated rings. The van der Waals surface area contributed by atoms with E-state index in [-0.39, 0.29) is 11.7 Å². The second-order valence-electron chi connectivity index (χ2n) is 5.36. The maximum atomic E-state index is 13.0. The first kappa shape index (κ1) is 16.2. The smallest absolute Gasteiger partial charge is 0.211 e. The van der Waals surface area contributed by atoms with Gasteiger partial charge in [-0.05, 0) is 24.3 Å². The van der Waals surface area contributed by atoms with Gasteiger partial charge in [0.25, 0.3) is 0 Å². The number of hydrogen-bond acceptors (Lipinski definition) is 4. The van der Waals surface area contributed by atoms with Gasteiger partial charge in [0, 0.05) is 44.9 Å². The highest BCUT2D eigenvalue weighted by atomic mass is 32.2. The second-order valence-corrected chi connectivity index (χ2v) is 7.35. The summed E-state index contributed by atoms with van der Waals surface area (Å²) in [4.78, 5) is 2.08. The van der Waals surface area contributed by atoms with Crippen molar-refractivity contribution in [2.75, 3.05) is 51.1 Å². The third-order valence-electron chi connectivity index (χ3n) is 3.62. The summed E-state index contributed by atoms with van der Waals surface area (Å²) in [5.74, 6) is -0.197. The Kier molecular flexibility index (Phi) is 5.18. The summed E-state index contributed by atoms with van der Waals surface area (Å²) in [6, 6.07) is 6.27. The standard InChI is InChI=1S/C14H21FN2O3S/c1-20-11-12-9-16(14-5-3-13(15)4-6-14)7-8-17(10-12)21(2,18)19/h3-6,12H,7-11H2,1-2H3/t12-/m1/s1. The van der Waals surface area contributed by atoms with Crippen LogP contribution < -0.4 is 4.90 Å². The molecule has 1 heterocycles. The minimum absolute atomic E-state index is 0.0808. The fraction of sp³-hybridized carbons (Fsp3) is 0.571. The molecule has 1 aliphatic heterocycles. The van der Waals surface area contributed by atoms with Gasteiger partial charge in [0.1, 0.15) is 5.82 Å². The van der Waals surface area contributed by atoms with Gasteiger partial charge in [0.05, 0.1) is 12.9 Å². The van der Waals surface area contributed by atoms with Gasteiger partial charge >= 0.3 is 0 Å². The lowest BCUT2D eigenvalue weighted by Gasteiger charge is -2.25. The largest absolute Gasteiger partial charge is 0.384 e. The molecule has 0 unspecified atom stereocenters. The Morgan fingerprint density at radius 1 is 1.24 bits per heavy atom. The number of methoxy groups -OCH3 is 1. The van der Waals surface area contributed by atoms with Crippen molar-refractivity contribution in [1.82, 2.24) is 4.31 Å². The highest BCUT2D eigenvalue weighted by Crippen LogP contribution is 2.20. The Morgan fingerprint density at radius 2 is 1.90 bits per heavy atom. The third kappa shape index (κ3) is 4.39. The van der Waals surface area contributed by atoms with Crippen LogP contribution in [0.4, 0.5) is 10.1 Å². The van der Waals surface area contributed by atoms with Crippen molar-refractivity contribution in [2.24, 2.45) is 5.92 Å². The summed E-state index contributed by atoms with van der Waals surface area (Å²) in [6.07, 6.45) is 1.23. The van der Waals surface area contributed by atoms with Crippen molar-refractivity contribution in [3.63, 3.8) is 0 Å². The van der Waals surface area contributed by atoms with Gasteiger partial charge < -0.3 is 9.64 Å². The molecule has 0 N–H and O–H groups in total. The van der Waals surface area contributed by atoms with Crippen LogP contribution in [0.1, 0.15) is 0 Å². The van der Waals surface area contributed by atoms with Crippen molar-refractivity contribution >= 4 is 15.7 Å². The summed E-state index contributed by atoms with van der Waals surface area (Å²) < 4.78 is 43.3. The quantitative estimate of drug-likeness (QED) is 0.837. The molecule has 1 aromatic rings. The zero-order valence-electron chi connectivity index (χ0n) is 12.3. The SMILES string of the molecule is COC[C@@H]1CN(c2ccc(F)cc2)CCN(S(C)(=O)=O)C1. The Bertz CT molecular complexity index is 562. The van der Waals surface area contributed by atoms with Crippen LogP contribution >= 0.6 is 0 Å². The van der Waals surface area contributed by atoms with Crippen LogP contribution in [-0.2, 0) is 14.8 Å². The Balaban J connectivity index is 2.19. The first-order valence-corrected chi connectivity index (χ1v) is 8.69. The summed E-state index contributed by atoms with van der Waals surface area (Å²) in [5.41, 5.74) is 0.896. The van der Waals surface area contributed by atoms with E-state index in [2.05, 4.69) is 4.90 Å². The molecule has 1 aromatic carbocycles. The highest BCUT2D eigenvalue weighted by Gasteiger charge is 2.27. The zero-order chi connectivity index (χ0) is 15.5. The summed E-state index contributed by atoms with van der Waals surface area (Å²) in [7, 11) is -1.61. The monoisotopic (exact) mass is 316 g/mol. The molecule has 0 radical (unpaired) electrons. The molecule has 0 aliphatic carbocycles. The molecule has 1 atom stereocenters. The minimum atomic E-state index is -3.22. The molecule has 1 aliphatic rings. The molecule has 0 saturated carbocycles. The number of rotatable bonds is 4. The maximum absolute atomic E-state index is 13.0. The Morgan fingerprint density at radius 3 is 2.48 bits per heavy atom. The lowest BCUT2D eigenvalue weighted by atomic mass is 10.1. The first-order valence-electron chi connectivity index (χ1n) is 6.84.